The second-order valence-corrected chi connectivity index (χ2v) is 2.83. The molecule has 1 fully saturated rings. The van der Waals surface area contributed by atoms with E-state index in [9.17, 15) is 4.79 Å². The summed E-state index contributed by atoms with van der Waals surface area (Å²) in [5.74, 6) is -0.155. The highest BCUT2D eigenvalue weighted by Gasteiger charge is 2.39. The summed E-state index contributed by atoms with van der Waals surface area (Å²) in [4.78, 5) is 17.0. The molecule has 0 aromatic rings. The van der Waals surface area contributed by atoms with Gasteiger partial charge in [0.1, 0.15) is 6.04 Å². The molecule has 2 rings (SSSR count). The SMILES string of the molecule is CN1C=NC2NC(=N)NC(=O)C21. The van der Waals surface area contributed by atoms with Gasteiger partial charge in [-0.15, -0.1) is 0 Å². The molecule has 1 saturated heterocycles. The third kappa shape index (κ3) is 0.843. The number of amides is 1. The van der Waals surface area contributed by atoms with Crippen LogP contribution in [-0.2, 0) is 4.79 Å². The Morgan fingerprint density at radius 2 is 2.50 bits per heavy atom. The number of fused-ring (bicyclic) bond motifs is 1. The molecule has 0 aliphatic carbocycles. The molecule has 64 valence electrons. The topological polar surface area (TPSA) is 80.6 Å². The van der Waals surface area contributed by atoms with Crippen molar-refractivity contribution in [3.05, 3.63) is 0 Å². The Morgan fingerprint density at radius 1 is 1.75 bits per heavy atom. The maximum absolute atomic E-state index is 11.3. The maximum Gasteiger partial charge on any atom is 0.253 e. The summed E-state index contributed by atoms with van der Waals surface area (Å²) in [6, 6.07) is -0.306. The Kier molecular flexibility index (Phi) is 1.30. The van der Waals surface area contributed by atoms with Gasteiger partial charge in [0.05, 0.1) is 6.34 Å². The molecule has 6 heteroatoms. The minimum absolute atomic E-state index is 0.0219. The molecule has 1 amide bonds. The van der Waals surface area contributed by atoms with Gasteiger partial charge in [0.2, 0.25) is 0 Å². The molecule has 0 saturated carbocycles. The van der Waals surface area contributed by atoms with Gasteiger partial charge in [0.25, 0.3) is 5.91 Å². The molecule has 2 unspecified atom stereocenters. The summed E-state index contributed by atoms with van der Waals surface area (Å²) in [6.07, 6.45) is 1.30. The van der Waals surface area contributed by atoms with Gasteiger partial charge in [-0.3, -0.25) is 15.5 Å². The van der Waals surface area contributed by atoms with Crippen LogP contribution < -0.4 is 10.6 Å². The summed E-state index contributed by atoms with van der Waals surface area (Å²) < 4.78 is 0. The zero-order valence-corrected chi connectivity index (χ0v) is 6.53. The van der Waals surface area contributed by atoms with Gasteiger partial charge in [0.15, 0.2) is 12.1 Å². The quantitative estimate of drug-likeness (QED) is 0.402. The lowest BCUT2D eigenvalue weighted by Crippen LogP contribution is -2.62. The van der Waals surface area contributed by atoms with E-state index in [0.717, 1.165) is 0 Å². The molecular formula is C6H9N5O. The van der Waals surface area contributed by atoms with E-state index < -0.39 is 0 Å². The lowest BCUT2D eigenvalue weighted by atomic mass is 10.2. The van der Waals surface area contributed by atoms with Crippen LogP contribution in [0.5, 0.6) is 0 Å². The fraction of sp³-hybridized carbons (Fsp3) is 0.500. The van der Waals surface area contributed by atoms with E-state index >= 15 is 0 Å². The summed E-state index contributed by atoms with van der Waals surface area (Å²) in [5, 5.41) is 12.3. The third-order valence-corrected chi connectivity index (χ3v) is 1.96. The van der Waals surface area contributed by atoms with Crippen molar-refractivity contribution in [2.45, 2.75) is 12.2 Å². The highest BCUT2D eigenvalue weighted by molar-refractivity contribution is 6.02. The molecule has 12 heavy (non-hydrogen) atoms. The second kappa shape index (κ2) is 2.20. The number of hydrogen-bond donors (Lipinski definition) is 3. The van der Waals surface area contributed by atoms with E-state index in [1.54, 1.807) is 18.3 Å². The molecule has 6 nitrogen and oxygen atoms in total. The highest BCUT2D eigenvalue weighted by atomic mass is 16.2. The average molecular weight is 167 g/mol. The van der Waals surface area contributed by atoms with Gasteiger partial charge in [-0.05, 0) is 0 Å². The summed E-state index contributed by atoms with van der Waals surface area (Å²) in [5.41, 5.74) is 0. The van der Waals surface area contributed by atoms with Crippen LogP contribution in [0.1, 0.15) is 0 Å². The van der Waals surface area contributed by atoms with Crippen molar-refractivity contribution in [3.8, 4) is 0 Å². The number of carbonyl (C=O) groups excluding carboxylic acids is 1. The normalized spacial score (nSPS) is 32.9. The van der Waals surface area contributed by atoms with Gasteiger partial charge in [-0.25, -0.2) is 4.99 Å². The summed E-state index contributed by atoms with van der Waals surface area (Å²) >= 11 is 0. The van der Waals surface area contributed by atoms with Crippen molar-refractivity contribution in [1.82, 2.24) is 15.5 Å². The number of hydrogen-bond acceptors (Lipinski definition) is 4. The van der Waals surface area contributed by atoms with Gasteiger partial charge in [0, 0.05) is 7.05 Å². The predicted molar refractivity (Wildman–Crippen MR) is 42.8 cm³/mol. The Labute approximate surface area is 69.2 Å². The molecule has 0 aromatic carbocycles. The average Bonchev–Trinajstić information content (AvgIpc) is 2.31. The van der Waals surface area contributed by atoms with Crippen molar-refractivity contribution in [2.75, 3.05) is 7.05 Å². The van der Waals surface area contributed by atoms with E-state index in [1.807, 2.05) is 0 Å². The van der Waals surface area contributed by atoms with Crippen LogP contribution in [0.3, 0.4) is 0 Å². The molecule has 3 N–H and O–H groups in total. The number of nitrogens with zero attached hydrogens (tertiary/aromatic N) is 2. The van der Waals surface area contributed by atoms with Gasteiger partial charge >= 0.3 is 0 Å². The first-order valence-corrected chi connectivity index (χ1v) is 3.59. The van der Waals surface area contributed by atoms with E-state index in [0.29, 0.717) is 0 Å². The first-order valence-electron chi connectivity index (χ1n) is 3.59. The lowest BCUT2D eigenvalue weighted by molar-refractivity contribution is -0.124. The smallest absolute Gasteiger partial charge is 0.253 e. The molecule has 0 radical (unpaired) electrons. The van der Waals surface area contributed by atoms with Crippen molar-refractivity contribution >= 4 is 18.2 Å². The Hall–Kier alpha value is -1.59. The van der Waals surface area contributed by atoms with Crippen LogP contribution in [0.15, 0.2) is 4.99 Å². The predicted octanol–water partition coefficient (Wildman–Crippen LogP) is -1.69. The third-order valence-electron chi connectivity index (χ3n) is 1.96. The maximum atomic E-state index is 11.3. The number of aliphatic imine (C=N–C) groups is 1. The molecule has 2 aliphatic rings. The van der Waals surface area contributed by atoms with Crippen LogP contribution in [0, 0.1) is 5.41 Å². The minimum atomic E-state index is -0.306. The van der Waals surface area contributed by atoms with Crippen LogP contribution in [-0.4, -0.2) is 42.4 Å². The Morgan fingerprint density at radius 3 is 3.25 bits per heavy atom. The van der Waals surface area contributed by atoms with Gasteiger partial charge in [-0.2, -0.15) is 0 Å². The molecule has 0 bridgehead atoms. The van der Waals surface area contributed by atoms with Gasteiger partial charge in [-0.1, -0.05) is 0 Å². The highest BCUT2D eigenvalue weighted by Crippen LogP contribution is 2.11. The second-order valence-electron chi connectivity index (χ2n) is 2.83. The van der Waals surface area contributed by atoms with Crippen molar-refractivity contribution in [3.63, 3.8) is 0 Å². The van der Waals surface area contributed by atoms with Crippen LogP contribution in [0.2, 0.25) is 0 Å². The van der Waals surface area contributed by atoms with E-state index in [-0.39, 0.29) is 24.1 Å². The van der Waals surface area contributed by atoms with Gasteiger partial charge < -0.3 is 10.2 Å². The number of rotatable bonds is 0. The summed E-state index contributed by atoms with van der Waals surface area (Å²) in [6.45, 7) is 0. The number of nitrogens with one attached hydrogen (secondary N) is 3. The number of carbonyl (C=O) groups is 1. The lowest BCUT2D eigenvalue weighted by Gasteiger charge is -2.29. The number of likely N-dealkylation sites (N-methyl/N-ethyl adjacent to an activating group) is 1. The molecule has 2 aliphatic heterocycles. The molecule has 0 aromatic heterocycles. The van der Waals surface area contributed by atoms with E-state index in [1.165, 1.54) is 0 Å². The molecular weight excluding hydrogens is 158 g/mol. The fourth-order valence-corrected chi connectivity index (χ4v) is 1.38. The molecule has 0 spiro atoms. The zero-order valence-electron chi connectivity index (χ0n) is 6.53. The van der Waals surface area contributed by atoms with Crippen LogP contribution in [0.25, 0.3) is 0 Å². The van der Waals surface area contributed by atoms with Crippen LogP contribution in [0.4, 0.5) is 0 Å². The first-order chi connectivity index (χ1) is 5.68. The molecule has 2 atom stereocenters. The van der Waals surface area contributed by atoms with Crippen molar-refractivity contribution in [2.24, 2.45) is 4.99 Å². The van der Waals surface area contributed by atoms with Crippen molar-refractivity contribution in [1.29, 1.82) is 5.41 Å². The summed E-state index contributed by atoms with van der Waals surface area (Å²) in [7, 11) is 1.78. The standard InChI is InChI=1S/C6H9N5O/c1-11-2-8-4-3(11)5(12)10-6(7)9-4/h2-4H,1H3,(H3,7,9,10,12). The van der Waals surface area contributed by atoms with E-state index in [2.05, 4.69) is 15.6 Å². The number of guanidine groups is 1. The Bertz CT molecular complexity index is 273. The minimum Gasteiger partial charge on any atom is -0.351 e. The largest absolute Gasteiger partial charge is 0.351 e. The molecule has 2 heterocycles. The zero-order chi connectivity index (χ0) is 8.72. The first kappa shape index (κ1) is 7.08. The van der Waals surface area contributed by atoms with Crippen molar-refractivity contribution < 1.29 is 4.79 Å². The van der Waals surface area contributed by atoms with E-state index in [4.69, 9.17) is 5.41 Å². The Balaban J connectivity index is 2.24. The monoisotopic (exact) mass is 167 g/mol. The van der Waals surface area contributed by atoms with Crippen LogP contribution >= 0.6 is 0 Å². The fourth-order valence-electron chi connectivity index (χ4n) is 1.38.